The van der Waals surface area contributed by atoms with Crippen molar-refractivity contribution in [2.75, 3.05) is 26.6 Å². The SMILES string of the molecule is COc1cc(CNc2nc3ccccc3n2Cc2ccc(Cl)c(Cl)c2)cc(OC)c1OC. The molecular formula is C24H23Cl2N3O3. The number of anilines is 1. The molecule has 0 aliphatic heterocycles. The zero-order valence-corrected chi connectivity index (χ0v) is 19.5. The number of benzene rings is 3. The fraction of sp³-hybridized carbons (Fsp3) is 0.208. The molecule has 166 valence electrons. The Balaban J connectivity index is 1.66. The van der Waals surface area contributed by atoms with Gasteiger partial charge in [0.1, 0.15) is 0 Å². The van der Waals surface area contributed by atoms with Gasteiger partial charge in [-0.3, -0.25) is 0 Å². The summed E-state index contributed by atoms with van der Waals surface area (Å²) in [7, 11) is 4.79. The molecule has 0 saturated heterocycles. The Hall–Kier alpha value is -3.09. The van der Waals surface area contributed by atoms with E-state index in [-0.39, 0.29) is 0 Å². The van der Waals surface area contributed by atoms with Crippen molar-refractivity contribution >= 4 is 40.2 Å². The number of fused-ring (bicyclic) bond motifs is 1. The van der Waals surface area contributed by atoms with Crippen LogP contribution >= 0.6 is 23.2 Å². The van der Waals surface area contributed by atoms with Gasteiger partial charge < -0.3 is 24.1 Å². The standard InChI is InChI=1S/C24H23Cl2N3O3/c1-30-21-11-16(12-22(31-2)23(21)32-3)13-27-24-28-19-6-4-5-7-20(19)29(24)14-15-8-9-17(25)18(26)10-15/h4-12H,13-14H2,1-3H3,(H,27,28). The summed E-state index contributed by atoms with van der Waals surface area (Å²) in [5, 5.41) is 4.51. The van der Waals surface area contributed by atoms with Crippen molar-refractivity contribution in [2.24, 2.45) is 0 Å². The first-order valence-electron chi connectivity index (χ1n) is 9.96. The summed E-state index contributed by atoms with van der Waals surface area (Å²) in [6, 6.07) is 17.5. The largest absolute Gasteiger partial charge is 0.493 e. The van der Waals surface area contributed by atoms with Gasteiger partial charge in [-0.15, -0.1) is 0 Å². The molecule has 4 aromatic rings. The van der Waals surface area contributed by atoms with Crippen molar-refractivity contribution in [1.29, 1.82) is 0 Å². The summed E-state index contributed by atoms with van der Waals surface area (Å²) in [6.07, 6.45) is 0. The summed E-state index contributed by atoms with van der Waals surface area (Å²) in [5.74, 6) is 2.51. The third kappa shape index (κ3) is 4.42. The lowest BCUT2D eigenvalue weighted by molar-refractivity contribution is 0.324. The van der Waals surface area contributed by atoms with E-state index in [1.165, 1.54) is 0 Å². The van der Waals surface area contributed by atoms with Crippen LogP contribution in [-0.4, -0.2) is 30.9 Å². The van der Waals surface area contributed by atoms with E-state index >= 15 is 0 Å². The predicted molar refractivity (Wildman–Crippen MR) is 129 cm³/mol. The van der Waals surface area contributed by atoms with Crippen LogP contribution in [0.25, 0.3) is 11.0 Å². The molecule has 0 unspecified atom stereocenters. The minimum atomic E-state index is 0.515. The van der Waals surface area contributed by atoms with Crippen LogP contribution in [0.1, 0.15) is 11.1 Å². The molecule has 0 radical (unpaired) electrons. The van der Waals surface area contributed by atoms with Crippen LogP contribution in [0.15, 0.2) is 54.6 Å². The first-order chi connectivity index (χ1) is 15.5. The lowest BCUT2D eigenvalue weighted by Crippen LogP contribution is -2.09. The van der Waals surface area contributed by atoms with Gasteiger partial charge in [0.15, 0.2) is 11.5 Å². The Labute approximate surface area is 196 Å². The maximum Gasteiger partial charge on any atom is 0.204 e. The maximum atomic E-state index is 6.23. The number of aromatic nitrogens is 2. The number of hydrogen-bond acceptors (Lipinski definition) is 5. The summed E-state index contributed by atoms with van der Waals surface area (Å²) in [5.41, 5.74) is 3.91. The summed E-state index contributed by atoms with van der Waals surface area (Å²) in [6.45, 7) is 1.11. The van der Waals surface area contributed by atoms with Gasteiger partial charge in [0, 0.05) is 6.54 Å². The summed E-state index contributed by atoms with van der Waals surface area (Å²) in [4.78, 5) is 4.79. The first-order valence-corrected chi connectivity index (χ1v) is 10.7. The third-order valence-electron chi connectivity index (χ3n) is 5.15. The third-order valence-corrected chi connectivity index (χ3v) is 5.89. The average Bonchev–Trinajstić information content (AvgIpc) is 3.16. The molecule has 8 heteroatoms. The molecule has 0 atom stereocenters. The molecule has 1 heterocycles. The van der Waals surface area contributed by atoms with Crippen molar-refractivity contribution in [3.8, 4) is 17.2 Å². The average molecular weight is 472 g/mol. The number of nitrogens with zero attached hydrogens (tertiary/aromatic N) is 2. The summed E-state index contributed by atoms with van der Waals surface area (Å²) >= 11 is 12.3. The topological polar surface area (TPSA) is 57.5 Å². The number of ether oxygens (including phenoxy) is 3. The zero-order valence-electron chi connectivity index (χ0n) is 18.0. The highest BCUT2D eigenvalue weighted by molar-refractivity contribution is 6.42. The molecule has 0 aliphatic rings. The number of rotatable bonds is 8. The van der Waals surface area contributed by atoms with Crippen molar-refractivity contribution < 1.29 is 14.2 Å². The lowest BCUT2D eigenvalue weighted by Gasteiger charge is -2.15. The molecule has 0 aliphatic carbocycles. The molecule has 32 heavy (non-hydrogen) atoms. The van der Waals surface area contributed by atoms with E-state index in [2.05, 4.69) is 9.88 Å². The van der Waals surface area contributed by atoms with Gasteiger partial charge in [-0.05, 0) is 47.5 Å². The van der Waals surface area contributed by atoms with E-state index in [0.29, 0.717) is 40.4 Å². The Bertz CT molecular complexity index is 1230. The van der Waals surface area contributed by atoms with Crippen molar-refractivity contribution in [1.82, 2.24) is 9.55 Å². The van der Waals surface area contributed by atoms with Gasteiger partial charge in [0.2, 0.25) is 11.7 Å². The molecule has 0 spiro atoms. The van der Waals surface area contributed by atoms with Crippen LogP contribution in [-0.2, 0) is 13.1 Å². The minimum Gasteiger partial charge on any atom is -0.493 e. The highest BCUT2D eigenvalue weighted by atomic mass is 35.5. The van der Waals surface area contributed by atoms with E-state index in [1.54, 1.807) is 27.4 Å². The molecule has 0 amide bonds. The van der Waals surface area contributed by atoms with Crippen molar-refractivity contribution in [3.63, 3.8) is 0 Å². The number of imidazole rings is 1. The Morgan fingerprint density at radius 2 is 1.56 bits per heavy atom. The number of nitrogens with one attached hydrogen (secondary N) is 1. The fourth-order valence-electron chi connectivity index (χ4n) is 3.61. The van der Waals surface area contributed by atoms with Crippen LogP contribution in [0, 0.1) is 0 Å². The van der Waals surface area contributed by atoms with Gasteiger partial charge in [0.05, 0.1) is 49.0 Å². The predicted octanol–water partition coefficient (Wildman–Crippen LogP) is 6.03. The number of methoxy groups -OCH3 is 3. The first kappa shape index (κ1) is 22.1. The van der Waals surface area contributed by atoms with E-state index in [9.17, 15) is 0 Å². The summed E-state index contributed by atoms with van der Waals surface area (Å²) < 4.78 is 18.5. The molecule has 1 aromatic heterocycles. The van der Waals surface area contributed by atoms with E-state index in [1.807, 2.05) is 48.5 Å². The Morgan fingerprint density at radius 1 is 0.844 bits per heavy atom. The lowest BCUT2D eigenvalue weighted by atomic mass is 10.2. The van der Waals surface area contributed by atoms with Crippen LogP contribution in [0.5, 0.6) is 17.2 Å². The highest BCUT2D eigenvalue weighted by Gasteiger charge is 2.15. The second kappa shape index (κ2) is 9.59. The van der Waals surface area contributed by atoms with Crippen molar-refractivity contribution in [3.05, 3.63) is 75.8 Å². The fourth-order valence-corrected chi connectivity index (χ4v) is 3.93. The van der Waals surface area contributed by atoms with Gasteiger partial charge >= 0.3 is 0 Å². The van der Waals surface area contributed by atoms with Crippen LogP contribution in [0.2, 0.25) is 10.0 Å². The van der Waals surface area contributed by atoms with Crippen LogP contribution in [0.3, 0.4) is 0 Å². The molecule has 1 N–H and O–H groups in total. The number of halogens is 2. The molecule has 4 rings (SSSR count). The van der Waals surface area contributed by atoms with Gasteiger partial charge in [-0.2, -0.15) is 0 Å². The van der Waals surface area contributed by atoms with Crippen LogP contribution < -0.4 is 19.5 Å². The zero-order chi connectivity index (χ0) is 22.7. The molecule has 0 fully saturated rings. The van der Waals surface area contributed by atoms with Gasteiger partial charge in [-0.25, -0.2) is 4.98 Å². The second-order valence-electron chi connectivity index (χ2n) is 7.15. The van der Waals surface area contributed by atoms with Gasteiger partial charge in [0.25, 0.3) is 0 Å². The van der Waals surface area contributed by atoms with Crippen LogP contribution in [0.4, 0.5) is 5.95 Å². The van der Waals surface area contributed by atoms with E-state index < -0.39 is 0 Å². The second-order valence-corrected chi connectivity index (χ2v) is 7.96. The monoisotopic (exact) mass is 471 g/mol. The highest BCUT2D eigenvalue weighted by Crippen LogP contribution is 2.38. The normalized spacial score (nSPS) is 10.9. The van der Waals surface area contributed by atoms with Crippen molar-refractivity contribution in [2.45, 2.75) is 13.1 Å². The van der Waals surface area contributed by atoms with E-state index in [4.69, 9.17) is 42.4 Å². The quantitative estimate of drug-likeness (QED) is 0.340. The Morgan fingerprint density at radius 3 is 2.22 bits per heavy atom. The molecule has 0 bridgehead atoms. The molecule has 0 saturated carbocycles. The molecule has 3 aromatic carbocycles. The minimum absolute atomic E-state index is 0.515. The maximum absolute atomic E-state index is 6.23. The molecular weight excluding hydrogens is 449 g/mol. The Kier molecular flexibility index (Phi) is 6.63. The number of hydrogen-bond donors (Lipinski definition) is 1. The smallest absolute Gasteiger partial charge is 0.204 e. The van der Waals surface area contributed by atoms with E-state index in [0.717, 1.165) is 28.1 Å². The van der Waals surface area contributed by atoms with Gasteiger partial charge in [-0.1, -0.05) is 41.4 Å². The number of para-hydroxylation sites is 2. The molecule has 6 nitrogen and oxygen atoms in total.